The number of nitrogens with zero attached hydrogens (tertiary/aromatic N) is 3. The molecule has 0 aliphatic carbocycles. The number of hydrogen-bond donors (Lipinski definition) is 0. The number of rotatable bonds is 3. The molecule has 0 unspecified atom stereocenters. The number of benzene rings is 1. The first kappa shape index (κ1) is 13.7. The summed E-state index contributed by atoms with van der Waals surface area (Å²) in [5.41, 5.74) is 1.99. The Morgan fingerprint density at radius 1 is 1.43 bits per heavy atom. The maximum absolute atomic E-state index is 12.1. The average molecular weight is 281 g/mol. The first-order valence-electron chi connectivity index (χ1n) is 7.30. The molecule has 0 bridgehead atoms. The number of terminal acetylenes is 1. The lowest BCUT2D eigenvalue weighted by molar-refractivity contribution is -0.129. The second kappa shape index (κ2) is 5.25. The van der Waals surface area contributed by atoms with Crippen LogP contribution in [0, 0.1) is 12.3 Å². The van der Waals surface area contributed by atoms with Crippen molar-refractivity contribution in [3.8, 4) is 12.3 Å². The highest BCUT2D eigenvalue weighted by molar-refractivity contribution is 5.81. The highest BCUT2D eigenvalue weighted by atomic mass is 16.2. The van der Waals surface area contributed by atoms with Gasteiger partial charge in [-0.25, -0.2) is 4.98 Å². The van der Waals surface area contributed by atoms with Crippen LogP contribution in [0.25, 0.3) is 11.0 Å². The van der Waals surface area contributed by atoms with E-state index in [2.05, 4.69) is 10.5 Å². The SMILES string of the molecule is C#CCn1c([C@@H]2CC(=O)N(C(C)C)C2)nc2ccccc21. The van der Waals surface area contributed by atoms with Crippen LogP contribution in [-0.2, 0) is 11.3 Å². The summed E-state index contributed by atoms with van der Waals surface area (Å²) in [5, 5.41) is 0. The van der Waals surface area contributed by atoms with E-state index in [0.717, 1.165) is 23.4 Å². The second-order valence-corrected chi connectivity index (χ2v) is 5.79. The molecule has 2 aromatic rings. The Labute approximate surface area is 124 Å². The Kier molecular flexibility index (Phi) is 3.42. The van der Waals surface area contributed by atoms with Crippen molar-refractivity contribution in [1.82, 2.24) is 14.5 Å². The van der Waals surface area contributed by atoms with E-state index in [1.165, 1.54) is 0 Å². The van der Waals surface area contributed by atoms with E-state index in [4.69, 9.17) is 11.4 Å². The van der Waals surface area contributed by atoms with E-state index in [1.807, 2.05) is 43.0 Å². The summed E-state index contributed by atoms with van der Waals surface area (Å²) < 4.78 is 2.07. The molecule has 3 rings (SSSR count). The lowest BCUT2D eigenvalue weighted by atomic mass is 10.1. The van der Waals surface area contributed by atoms with Gasteiger partial charge in [0.05, 0.1) is 17.6 Å². The maximum Gasteiger partial charge on any atom is 0.223 e. The molecule has 1 fully saturated rings. The van der Waals surface area contributed by atoms with Crippen molar-refractivity contribution < 1.29 is 4.79 Å². The van der Waals surface area contributed by atoms with Crippen LogP contribution < -0.4 is 0 Å². The van der Waals surface area contributed by atoms with E-state index in [9.17, 15) is 4.79 Å². The summed E-state index contributed by atoms with van der Waals surface area (Å²) in [4.78, 5) is 18.8. The summed E-state index contributed by atoms with van der Waals surface area (Å²) in [6.07, 6.45) is 6.03. The lowest BCUT2D eigenvalue weighted by Gasteiger charge is -2.21. The van der Waals surface area contributed by atoms with E-state index in [-0.39, 0.29) is 17.9 Å². The van der Waals surface area contributed by atoms with Crippen LogP contribution in [0.4, 0.5) is 0 Å². The number of likely N-dealkylation sites (tertiary alicyclic amines) is 1. The minimum absolute atomic E-state index is 0.126. The van der Waals surface area contributed by atoms with E-state index < -0.39 is 0 Å². The summed E-state index contributed by atoms with van der Waals surface area (Å²) >= 11 is 0. The van der Waals surface area contributed by atoms with Gasteiger partial charge in [-0.15, -0.1) is 6.42 Å². The molecular formula is C17H19N3O. The molecular weight excluding hydrogens is 262 g/mol. The number of aromatic nitrogens is 2. The molecule has 0 radical (unpaired) electrons. The molecule has 1 aromatic carbocycles. The number of hydrogen-bond acceptors (Lipinski definition) is 2. The van der Waals surface area contributed by atoms with Crippen LogP contribution >= 0.6 is 0 Å². The first-order valence-corrected chi connectivity index (χ1v) is 7.30. The highest BCUT2D eigenvalue weighted by Gasteiger charge is 2.34. The summed E-state index contributed by atoms with van der Waals surface area (Å²) in [6.45, 7) is 5.31. The zero-order chi connectivity index (χ0) is 15.0. The summed E-state index contributed by atoms with van der Waals surface area (Å²) in [7, 11) is 0. The van der Waals surface area contributed by atoms with Gasteiger partial charge in [0.25, 0.3) is 0 Å². The van der Waals surface area contributed by atoms with Crippen molar-refractivity contribution in [2.75, 3.05) is 6.54 Å². The van der Waals surface area contributed by atoms with Gasteiger partial charge in [-0.3, -0.25) is 4.79 Å². The standard InChI is InChI=1S/C17H19N3O/c1-4-9-19-15-8-6-5-7-14(15)18-17(19)13-10-16(21)20(11-13)12(2)3/h1,5-8,12-13H,9-11H2,2-3H3/t13-/m1/s1. The van der Waals surface area contributed by atoms with E-state index in [1.54, 1.807) is 0 Å². The molecule has 21 heavy (non-hydrogen) atoms. The molecule has 108 valence electrons. The number of fused-ring (bicyclic) bond motifs is 1. The van der Waals surface area contributed by atoms with Crippen molar-refractivity contribution in [3.63, 3.8) is 0 Å². The van der Waals surface area contributed by atoms with Crippen LogP contribution in [0.15, 0.2) is 24.3 Å². The molecule has 0 spiro atoms. The largest absolute Gasteiger partial charge is 0.340 e. The van der Waals surface area contributed by atoms with Crippen LogP contribution in [0.2, 0.25) is 0 Å². The zero-order valence-corrected chi connectivity index (χ0v) is 12.4. The monoisotopic (exact) mass is 281 g/mol. The Hall–Kier alpha value is -2.28. The van der Waals surface area contributed by atoms with Crippen LogP contribution in [0.5, 0.6) is 0 Å². The Morgan fingerprint density at radius 3 is 2.86 bits per heavy atom. The number of carbonyl (C=O) groups is 1. The second-order valence-electron chi connectivity index (χ2n) is 5.79. The van der Waals surface area contributed by atoms with Crippen LogP contribution in [-0.4, -0.2) is 32.9 Å². The normalized spacial score (nSPS) is 18.7. The number of amides is 1. The third kappa shape index (κ3) is 2.29. The van der Waals surface area contributed by atoms with Gasteiger partial charge < -0.3 is 9.47 Å². The van der Waals surface area contributed by atoms with E-state index in [0.29, 0.717) is 13.0 Å². The van der Waals surface area contributed by atoms with Crippen molar-refractivity contribution in [3.05, 3.63) is 30.1 Å². The minimum atomic E-state index is 0.126. The van der Waals surface area contributed by atoms with E-state index >= 15 is 0 Å². The lowest BCUT2D eigenvalue weighted by Crippen LogP contribution is -2.32. The predicted molar refractivity (Wildman–Crippen MR) is 82.8 cm³/mol. The summed E-state index contributed by atoms with van der Waals surface area (Å²) in [6, 6.07) is 8.21. The fourth-order valence-corrected chi connectivity index (χ4v) is 3.07. The Bertz CT molecular complexity index is 723. The van der Waals surface area contributed by atoms with Gasteiger partial charge in [-0.1, -0.05) is 18.1 Å². The molecule has 1 saturated heterocycles. The Balaban J connectivity index is 2.03. The van der Waals surface area contributed by atoms with Crippen molar-refractivity contribution in [2.45, 2.75) is 38.8 Å². The van der Waals surface area contributed by atoms with Gasteiger partial charge in [0, 0.05) is 24.9 Å². The molecule has 4 nitrogen and oxygen atoms in total. The van der Waals surface area contributed by atoms with Gasteiger partial charge in [-0.05, 0) is 26.0 Å². The molecule has 1 aliphatic rings. The fourth-order valence-electron chi connectivity index (χ4n) is 3.07. The number of carbonyl (C=O) groups excluding carboxylic acids is 1. The number of imidazole rings is 1. The summed E-state index contributed by atoms with van der Waals surface area (Å²) in [5.74, 6) is 3.96. The first-order chi connectivity index (χ1) is 10.1. The van der Waals surface area contributed by atoms with Gasteiger partial charge in [0.2, 0.25) is 5.91 Å². The molecule has 0 N–H and O–H groups in total. The van der Waals surface area contributed by atoms with Gasteiger partial charge in [-0.2, -0.15) is 0 Å². The fraction of sp³-hybridized carbons (Fsp3) is 0.412. The molecule has 0 saturated carbocycles. The number of para-hydroxylation sites is 2. The highest BCUT2D eigenvalue weighted by Crippen LogP contribution is 2.31. The Morgan fingerprint density at radius 2 is 2.19 bits per heavy atom. The van der Waals surface area contributed by atoms with Crippen LogP contribution in [0.3, 0.4) is 0 Å². The minimum Gasteiger partial charge on any atom is -0.340 e. The van der Waals surface area contributed by atoms with Crippen molar-refractivity contribution in [1.29, 1.82) is 0 Å². The third-order valence-corrected chi connectivity index (χ3v) is 4.08. The van der Waals surface area contributed by atoms with Crippen molar-refractivity contribution >= 4 is 16.9 Å². The average Bonchev–Trinajstić information content (AvgIpc) is 3.01. The molecule has 1 aliphatic heterocycles. The van der Waals surface area contributed by atoms with Crippen molar-refractivity contribution in [2.24, 2.45) is 0 Å². The topological polar surface area (TPSA) is 38.1 Å². The molecule has 2 heterocycles. The van der Waals surface area contributed by atoms with Gasteiger partial charge in [0.15, 0.2) is 0 Å². The molecule has 1 amide bonds. The maximum atomic E-state index is 12.1. The predicted octanol–water partition coefficient (Wildman–Crippen LogP) is 2.39. The van der Waals surface area contributed by atoms with Gasteiger partial charge >= 0.3 is 0 Å². The molecule has 4 heteroatoms. The van der Waals surface area contributed by atoms with Crippen LogP contribution in [0.1, 0.15) is 32.0 Å². The quantitative estimate of drug-likeness (QED) is 0.810. The third-order valence-electron chi connectivity index (χ3n) is 4.08. The zero-order valence-electron chi connectivity index (χ0n) is 12.4. The molecule has 1 aromatic heterocycles. The smallest absolute Gasteiger partial charge is 0.223 e. The van der Waals surface area contributed by atoms with Gasteiger partial charge in [0.1, 0.15) is 5.82 Å². The molecule has 1 atom stereocenters.